The number of alkyl halides is 3. The smallest absolute Gasteiger partial charge is 0.416 e. The van der Waals surface area contributed by atoms with E-state index in [1.54, 1.807) is 11.0 Å². The van der Waals surface area contributed by atoms with E-state index in [0.29, 0.717) is 13.0 Å². The molecule has 0 amide bonds. The number of carboxylic acid groups (broad SMARTS) is 1. The van der Waals surface area contributed by atoms with Crippen molar-refractivity contribution in [3.8, 4) is 6.07 Å². The zero-order valence-electron chi connectivity index (χ0n) is 19.7. The number of nitrogens with zero attached hydrogens (tertiary/aromatic N) is 4. The topological polar surface area (TPSA) is 91.3 Å². The van der Waals surface area contributed by atoms with Gasteiger partial charge in [-0.05, 0) is 42.3 Å². The lowest BCUT2D eigenvalue weighted by atomic mass is 10.1. The highest BCUT2D eigenvalue weighted by Crippen LogP contribution is 2.35. The molecule has 0 saturated carbocycles. The molecule has 3 aromatic carbocycles. The van der Waals surface area contributed by atoms with Crippen molar-refractivity contribution in [2.24, 2.45) is 0 Å². The number of rotatable bonds is 5. The lowest BCUT2D eigenvalue weighted by Gasteiger charge is -2.21. The Labute approximate surface area is 213 Å². The molecular formula is C27H20F4N4O3. The van der Waals surface area contributed by atoms with Crippen molar-refractivity contribution in [1.82, 2.24) is 9.13 Å². The third kappa shape index (κ3) is 4.18. The molecule has 7 nitrogen and oxygen atoms in total. The molecular weight excluding hydrogens is 504 g/mol. The quantitative estimate of drug-likeness (QED) is 0.370. The molecule has 0 spiro atoms. The van der Waals surface area contributed by atoms with Gasteiger partial charge in [0.15, 0.2) is 0 Å². The molecule has 5 rings (SSSR count). The zero-order chi connectivity index (χ0) is 27.2. The zero-order valence-corrected chi connectivity index (χ0v) is 19.7. The van der Waals surface area contributed by atoms with E-state index < -0.39 is 41.8 Å². The van der Waals surface area contributed by atoms with E-state index in [1.807, 2.05) is 6.07 Å². The van der Waals surface area contributed by atoms with Gasteiger partial charge in [0.25, 0.3) is 0 Å². The predicted molar refractivity (Wildman–Crippen MR) is 131 cm³/mol. The minimum absolute atomic E-state index is 0.00373. The summed E-state index contributed by atoms with van der Waals surface area (Å²) in [6.45, 7) is -0.0371. The van der Waals surface area contributed by atoms with Crippen molar-refractivity contribution in [1.29, 1.82) is 5.26 Å². The molecule has 4 aromatic rings. The highest BCUT2D eigenvalue weighted by Gasteiger charge is 2.35. The Morgan fingerprint density at radius 3 is 2.53 bits per heavy atom. The number of aromatic carboxylic acids is 1. The van der Waals surface area contributed by atoms with Gasteiger partial charge in [0.1, 0.15) is 11.9 Å². The Morgan fingerprint density at radius 2 is 1.82 bits per heavy atom. The van der Waals surface area contributed by atoms with Gasteiger partial charge in [-0.25, -0.2) is 14.0 Å². The van der Waals surface area contributed by atoms with E-state index in [1.165, 1.54) is 53.1 Å². The molecule has 0 aliphatic carbocycles. The molecule has 1 aromatic heterocycles. The first kappa shape index (κ1) is 25.1. The van der Waals surface area contributed by atoms with Crippen molar-refractivity contribution in [3.63, 3.8) is 0 Å². The summed E-state index contributed by atoms with van der Waals surface area (Å²) >= 11 is 0. The summed E-state index contributed by atoms with van der Waals surface area (Å²) in [5.41, 5.74) is -1.50. The molecule has 0 radical (unpaired) electrons. The fourth-order valence-electron chi connectivity index (χ4n) is 5.20. The Balaban J connectivity index is 1.64. The summed E-state index contributed by atoms with van der Waals surface area (Å²) in [5.74, 6) is -1.92. The number of halogens is 4. The lowest BCUT2D eigenvalue weighted by molar-refractivity contribution is -0.138. The minimum Gasteiger partial charge on any atom is -0.478 e. The van der Waals surface area contributed by atoms with Crippen LogP contribution < -0.4 is 10.6 Å². The second-order valence-corrected chi connectivity index (χ2v) is 9.01. The largest absolute Gasteiger partial charge is 0.478 e. The molecule has 194 valence electrons. The SMILES string of the molecule is N#Cc1cccc(F)c1N1CCC(n2c(=O)n(Cc3ccccc3C(F)(F)F)c3c(C(=O)O)cccc32)C1. The molecule has 0 bridgehead atoms. The highest BCUT2D eigenvalue weighted by atomic mass is 19.4. The van der Waals surface area contributed by atoms with Gasteiger partial charge >= 0.3 is 17.8 Å². The highest BCUT2D eigenvalue weighted by molar-refractivity contribution is 6.01. The standard InChI is InChI=1S/C27H20F4N4O3/c28-21-9-3-6-16(13-32)23(21)33-12-11-18(15-33)35-22-10-4-7-19(25(36)37)24(22)34(26(35)38)14-17-5-1-2-8-20(17)27(29,30)31/h1-10,18H,11-12,14-15H2,(H,36,37). The van der Waals surface area contributed by atoms with E-state index in [-0.39, 0.29) is 40.0 Å². The van der Waals surface area contributed by atoms with Crippen LogP contribution in [-0.2, 0) is 12.7 Å². The normalized spacial score (nSPS) is 15.7. The number of carboxylic acids is 1. The van der Waals surface area contributed by atoms with Crippen LogP contribution in [0, 0.1) is 17.1 Å². The Bertz CT molecular complexity index is 1670. The number of para-hydroxylation sites is 2. The maximum Gasteiger partial charge on any atom is 0.416 e. The molecule has 1 saturated heterocycles. The summed E-state index contributed by atoms with van der Waals surface area (Å²) in [6, 6.07) is 14.7. The van der Waals surface area contributed by atoms with Crippen LogP contribution in [0.1, 0.15) is 39.5 Å². The van der Waals surface area contributed by atoms with Gasteiger partial charge in [-0.2, -0.15) is 18.4 Å². The van der Waals surface area contributed by atoms with E-state index in [9.17, 15) is 37.5 Å². The minimum atomic E-state index is -4.67. The Kier molecular flexibility index (Phi) is 6.18. The summed E-state index contributed by atoms with van der Waals surface area (Å²) in [5, 5.41) is 19.3. The molecule has 38 heavy (non-hydrogen) atoms. The fraction of sp³-hybridized carbons (Fsp3) is 0.222. The third-order valence-electron chi connectivity index (χ3n) is 6.81. The van der Waals surface area contributed by atoms with Crippen LogP contribution in [0.5, 0.6) is 0 Å². The van der Waals surface area contributed by atoms with Gasteiger partial charge in [-0.3, -0.25) is 9.13 Å². The summed E-state index contributed by atoms with van der Waals surface area (Å²) in [7, 11) is 0. The second kappa shape index (κ2) is 9.37. The number of hydrogen-bond acceptors (Lipinski definition) is 4. The Morgan fingerprint density at radius 1 is 1.08 bits per heavy atom. The molecule has 1 aliphatic rings. The number of carbonyl (C=O) groups is 1. The van der Waals surface area contributed by atoms with Crippen LogP contribution in [0.3, 0.4) is 0 Å². The van der Waals surface area contributed by atoms with Gasteiger partial charge in [0.2, 0.25) is 0 Å². The molecule has 11 heteroatoms. The Hall–Kier alpha value is -4.59. The second-order valence-electron chi connectivity index (χ2n) is 9.01. The fourth-order valence-corrected chi connectivity index (χ4v) is 5.20. The molecule has 1 fully saturated rings. The summed E-state index contributed by atoms with van der Waals surface area (Å²) in [4.78, 5) is 27.5. The van der Waals surface area contributed by atoms with Gasteiger partial charge in [-0.1, -0.05) is 30.3 Å². The van der Waals surface area contributed by atoms with Crippen molar-refractivity contribution >= 4 is 22.7 Å². The van der Waals surface area contributed by atoms with Crippen LogP contribution in [0.15, 0.2) is 65.5 Å². The lowest BCUT2D eigenvalue weighted by Crippen LogP contribution is -2.30. The van der Waals surface area contributed by atoms with Gasteiger partial charge in [0.05, 0.1) is 46.0 Å². The number of anilines is 1. The number of hydrogen-bond donors (Lipinski definition) is 1. The average Bonchev–Trinajstić information content (AvgIpc) is 3.45. The van der Waals surface area contributed by atoms with Crippen LogP contribution in [-0.4, -0.2) is 33.3 Å². The number of nitriles is 1. The van der Waals surface area contributed by atoms with Crippen LogP contribution in [0.2, 0.25) is 0 Å². The van der Waals surface area contributed by atoms with Crippen LogP contribution in [0.25, 0.3) is 11.0 Å². The van der Waals surface area contributed by atoms with E-state index in [0.717, 1.165) is 10.6 Å². The maximum atomic E-state index is 14.7. The van der Waals surface area contributed by atoms with Crippen molar-refractivity contribution < 1.29 is 27.5 Å². The first-order valence-electron chi connectivity index (χ1n) is 11.7. The van der Waals surface area contributed by atoms with Crippen molar-refractivity contribution in [2.45, 2.75) is 25.2 Å². The summed E-state index contributed by atoms with van der Waals surface area (Å²) in [6.07, 6.45) is -4.30. The monoisotopic (exact) mass is 524 g/mol. The van der Waals surface area contributed by atoms with Crippen LogP contribution >= 0.6 is 0 Å². The predicted octanol–water partition coefficient (Wildman–Crippen LogP) is 5.03. The van der Waals surface area contributed by atoms with Gasteiger partial charge in [0, 0.05) is 13.1 Å². The molecule has 2 heterocycles. The third-order valence-corrected chi connectivity index (χ3v) is 6.81. The number of imidazole rings is 1. The molecule has 1 atom stereocenters. The van der Waals surface area contributed by atoms with Crippen molar-refractivity contribution in [2.75, 3.05) is 18.0 Å². The molecule has 1 unspecified atom stereocenters. The van der Waals surface area contributed by atoms with E-state index in [4.69, 9.17) is 0 Å². The molecule has 1 N–H and O–H groups in total. The number of fused-ring (bicyclic) bond motifs is 1. The van der Waals surface area contributed by atoms with Crippen LogP contribution in [0.4, 0.5) is 23.2 Å². The first-order chi connectivity index (χ1) is 18.1. The van der Waals surface area contributed by atoms with E-state index in [2.05, 4.69) is 0 Å². The number of benzene rings is 3. The number of aromatic nitrogens is 2. The average molecular weight is 524 g/mol. The molecule has 1 aliphatic heterocycles. The van der Waals surface area contributed by atoms with E-state index >= 15 is 0 Å². The van der Waals surface area contributed by atoms with Gasteiger partial charge < -0.3 is 10.0 Å². The van der Waals surface area contributed by atoms with Gasteiger partial charge in [-0.15, -0.1) is 0 Å². The first-order valence-corrected chi connectivity index (χ1v) is 11.7. The van der Waals surface area contributed by atoms with Crippen molar-refractivity contribution in [3.05, 3.63) is 99.2 Å². The maximum absolute atomic E-state index is 14.7. The summed E-state index contributed by atoms with van der Waals surface area (Å²) < 4.78 is 58.1.